The van der Waals surface area contributed by atoms with Crippen LogP contribution in [0.15, 0.2) is 0 Å². The van der Waals surface area contributed by atoms with Crippen LogP contribution >= 0.6 is 0 Å². The summed E-state index contributed by atoms with van der Waals surface area (Å²) in [6, 6.07) is 0.242. The third kappa shape index (κ3) is 3.59. The number of urea groups is 1. The van der Waals surface area contributed by atoms with E-state index >= 15 is 0 Å². The SMILES string of the molecule is CC(C1CC1)N(C)C(=O)N1CCOC(CC(=O)O)C1. The molecule has 6 nitrogen and oxygen atoms in total. The van der Waals surface area contributed by atoms with Crippen LogP contribution in [0.4, 0.5) is 4.79 Å². The first-order chi connectivity index (χ1) is 8.99. The van der Waals surface area contributed by atoms with Crippen molar-refractivity contribution in [1.29, 1.82) is 0 Å². The lowest BCUT2D eigenvalue weighted by molar-refractivity contribution is -0.141. The summed E-state index contributed by atoms with van der Waals surface area (Å²) in [7, 11) is 1.83. The summed E-state index contributed by atoms with van der Waals surface area (Å²) in [6.45, 7) is 3.39. The molecule has 2 unspecified atom stereocenters. The van der Waals surface area contributed by atoms with Crippen molar-refractivity contribution >= 4 is 12.0 Å². The van der Waals surface area contributed by atoms with Crippen LogP contribution in [-0.4, -0.2) is 65.8 Å². The summed E-state index contributed by atoms with van der Waals surface area (Å²) < 4.78 is 5.38. The molecular weight excluding hydrogens is 248 g/mol. The van der Waals surface area contributed by atoms with Crippen LogP contribution in [-0.2, 0) is 9.53 Å². The van der Waals surface area contributed by atoms with Crippen molar-refractivity contribution in [2.45, 2.75) is 38.3 Å². The monoisotopic (exact) mass is 270 g/mol. The molecule has 0 aromatic rings. The topological polar surface area (TPSA) is 70.1 Å². The summed E-state index contributed by atoms with van der Waals surface area (Å²) in [5.41, 5.74) is 0. The van der Waals surface area contributed by atoms with Gasteiger partial charge in [-0.15, -0.1) is 0 Å². The van der Waals surface area contributed by atoms with Gasteiger partial charge >= 0.3 is 12.0 Å². The molecular formula is C13H22N2O4. The number of carboxylic acid groups (broad SMARTS) is 1. The Bertz CT molecular complexity index is 357. The van der Waals surface area contributed by atoms with Crippen molar-refractivity contribution in [3.05, 3.63) is 0 Å². The number of hydrogen-bond donors (Lipinski definition) is 1. The maximum atomic E-state index is 12.4. The molecule has 2 aliphatic rings. The first-order valence-corrected chi connectivity index (χ1v) is 6.84. The number of morpholine rings is 1. The zero-order chi connectivity index (χ0) is 14.0. The molecule has 0 aromatic heterocycles. The summed E-state index contributed by atoms with van der Waals surface area (Å²) in [5.74, 6) is -0.260. The van der Waals surface area contributed by atoms with Crippen LogP contribution in [0.5, 0.6) is 0 Å². The third-order valence-corrected chi connectivity index (χ3v) is 4.03. The Morgan fingerprint density at radius 3 is 2.74 bits per heavy atom. The molecule has 2 amide bonds. The van der Waals surface area contributed by atoms with Crippen LogP contribution in [0.25, 0.3) is 0 Å². The molecule has 1 saturated carbocycles. The number of carboxylic acids is 1. The van der Waals surface area contributed by atoms with Crippen LogP contribution in [0.3, 0.4) is 0 Å². The molecule has 0 radical (unpaired) electrons. The second-order valence-electron chi connectivity index (χ2n) is 5.51. The second kappa shape index (κ2) is 5.77. The number of carbonyl (C=O) groups is 2. The number of aliphatic carboxylic acids is 1. The number of hydrogen-bond acceptors (Lipinski definition) is 3. The van der Waals surface area contributed by atoms with Gasteiger partial charge in [0.25, 0.3) is 0 Å². The molecule has 1 saturated heterocycles. The zero-order valence-electron chi connectivity index (χ0n) is 11.5. The molecule has 19 heavy (non-hydrogen) atoms. The average molecular weight is 270 g/mol. The molecule has 0 aromatic carbocycles. The second-order valence-corrected chi connectivity index (χ2v) is 5.51. The molecule has 1 N–H and O–H groups in total. The van der Waals surface area contributed by atoms with Gasteiger partial charge in [0.1, 0.15) is 0 Å². The van der Waals surface area contributed by atoms with Gasteiger partial charge in [-0.2, -0.15) is 0 Å². The van der Waals surface area contributed by atoms with Gasteiger partial charge in [-0.1, -0.05) is 0 Å². The van der Waals surface area contributed by atoms with Gasteiger partial charge in [0.15, 0.2) is 0 Å². The highest BCUT2D eigenvalue weighted by Gasteiger charge is 2.35. The molecule has 0 spiro atoms. The predicted octanol–water partition coefficient (Wildman–Crippen LogP) is 1.01. The lowest BCUT2D eigenvalue weighted by Crippen LogP contribution is -2.52. The maximum Gasteiger partial charge on any atom is 0.320 e. The van der Waals surface area contributed by atoms with Crippen molar-refractivity contribution < 1.29 is 19.4 Å². The van der Waals surface area contributed by atoms with E-state index in [1.807, 2.05) is 7.05 Å². The Hall–Kier alpha value is -1.30. The highest BCUT2D eigenvalue weighted by molar-refractivity contribution is 5.75. The van der Waals surface area contributed by atoms with Gasteiger partial charge < -0.3 is 19.6 Å². The van der Waals surface area contributed by atoms with E-state index in [2.05, 4.69) is 6.92 Å². The number of nitrogens with zero attached hydrogens (tertiary/aromatic N) is 2. The predicted molar refractivity (Wildman–Crippen MR) is 68.9 cm³/mol. The summed E-state index contributed by atoms with van der Waals surface area (Å²) in [5, 5.41) is 8.78. The quantitative estimate of drug-likeness (QED) is 0.827. The lowest BCUT2D eigenvalue weighted by atomic mass is 10.2. The number of carbonyl (C=O) groups excluding carboxylic acids is 1. The van der Waals surface area contributed by atoms with Gasteiger partial charge in [0.2, 0.25) is 0 Å². The summed E-state index contributed by atoms with van der Waals surface area (Å²) >= 11 is 0. The average Bonchev–Trinajstić information content (AvgIpc) is 3.20. The maximum absolute atomic E-state index is 12.4. The van der Waals surface area contributed by atoms with E-state index in [1.54, 1.807) is 9.80 Å². The van der Waals surface area contributed by atoms with Crippen LogP contribution in [0.2, 0.25) is 0 Å². The molecule has 1 aliphatic heterocycles. The standard InChI is InChI=1S/C13H22N2O4/c1-9(10-3-4-10)14(2)13(18)15-5-6-19-11(8-15)7-12(16)17/h9-11H,3-8H2,1-2H3,(H,16,17). The fraction of sp³-hybridized carbons (Fsp3) is 0.846. The number of rotatable bonds is 4. The number of amides is 2. The first-order valence-electron chi connectivity index (χ1n) is 6.84. The van der Waals surface area contributed by atoms with Crippen LogP contribution in [0, 0.1) is 5.92 Å². The summed E-state index contributed by atoms with van der Waals surface area (Å²) in [4.78, 5) is 26.5. The summed E-state index contributed by atoms with van der Waals surface area (Å²) in [6.07, 6.45) is 1.96. The minimum Gasteiger partial charge on any atom is -0.481 e. The van der Waals surface area contributed by atoms with E-state index in [0.717, 1.165) is 0 Å². The van der Waals surface area contributed by atoms with Gasteiger partial charge in [-0.3, -0.25) is 4.79 Å². The van der Waals surface area contributed by atoms with E-state index < -0.39 is 5.97 Å². The van der Waals surface area contributed by atoms with Gasteiger partial charge in [0, 0.05) is 26.2 Å². The Kier molecular flexibility index (Phi) is 4.29. The van der Waals surface area contributed by atoms with E-state index in [-0.39, 0.29) is 24.6 Å². The minimum atomic E-state index is -0.890. The Morgan fingerprint density at radius 2 is 2.16 bits per heavy atom. The molecule has 6 heteroatoms. The molecule has 2 fully saturated rings. The first kappa shape index (κ1) is 14.1. The molecule has 1 heterocycles. The van der Waals surface area contributed by atoms with Crippen LogP contribution in [0.1, 0.15) is 26.2 Å². The van der Waals surface area contributed by atoms with Crippen molar-refractivity contribution in [2.75, 3.05) is 26.7 Å². The molecule has 2 atom stereocenters. The van der Waals surface area contributed by atoms with Gasteiger partial charge in [-0.25, -0.2) is 4.79 Å². The normalized spacial score (nSPS) is 24.9. The lowest BCUT2D eigenvalue weighted by Gasteiger charge is -2.36. The fourth-order valence-corrected chi connectivity index (χ4v) is 2.50. The van der Waals surface area contributed by atoms with Crippen molar-refractivity contribution in [3.8, 4) is 0 Å². The highest BCUT2D eigenvalue weighted by Crippen LogP contribution is 2.35. The van der Waals surface area contributed by atoms with E-state index in [9.17, 15) is 9.59 Å². The van der Waals surface area contributed by atoms with Gasteiger partial charge in [-0.05, 0) is 25.7 Å². The Labute approximate surface area is 113 Å². The smallest absolute Gasteiger partial charge is 0.320 e. The zero-order valence-corrected chi connectivity index (χ0v) is 11.5. The third-order valence-electron chi connectivity index (χ3n) is 4.03. The fourth-order valence-electron chi connectivity index (χ4n) is 2.50. The van der Waals surface area contributed by atoms with E-state index in [0.29, 0.717) is 25.6 Å². The largest absolute Gasteiger partial charge is 0.481 e. The Balaban J connectivity index is 1.88. The minimum absolute atomic E-state index is 0.0157. The van der Waals surface area contributed by atoms with Crippen molar-refractivity contribution in [2.24, 2.45) is 5.92 Å². The van der Waals surface area contributed by atoms with E-state index in [4.69, 9.17) is 9.84 Å². The van der Waals surface area contributed by atoms with Gasteiger partial charge in [0.05, 0.1) is 19.1 Å². The van der Waals surface area contributed by atoms with Crippen LogP contribution < -0.4 is 0 Å². The van der Waals surface area contributed by atoms with Crippen molar-refractivity contribution in [1.82, 2.24) is 9.80 Å². The molecule has 2 rings (SSSR count). The Morgan fingerprint density at radius 1 is 1.47 bits per heavy atom. The van der Waals surface area contributed by atoms with Crippen molar-refractivity contribution in [3.63, 3.8) is 0 Å². The number of ether oxygens (including phenoxy) is 1. The molecule has 0 bridgehead atoms. The molecule has 108 valence electrons. The molecule has 1 aliphatic carbocycles. The highest BCUT2D eigenvalue weighted by atomic mass is 16.5. The van der Waals surface area contributed by atoms with E-state index in [1.165, 1.54) is 12.8 Å².